The van der Waals surface area contributed by atoms with Gasteiger partial charge in [0.2, 0.25) is 0 Å². The molecule has 1 aliphatic rings. The molecule has 0 atom stereocenters. The second-order valence-corrected chi connectivity index (χ2v) is 3.91. The molecule has 2 nitrogen and oxygen atoms in total. The molecule has 1 aliphatic heterocycles. The van der Waals surface area contributed by atoms with Gasteiger partial charge in [-0.05, 0) is 25.0 Å². The van der Waals surface area contributed by atoms with Crippen LogP contribution in [0.5, 0.6) is 0 Å². The smallest absolute Gasteiger partial charge is 0.146 e. The summed E-state index contributed by atoms with van der Waals surface area (Å²) < 4.78 is 18.8. The summed E-state index contributed by atoms with van der Waals surface area (Å²) in [6, 6.07) is 7.32. The lowest BCUT2D eigenvalue weighted by Gasteiger charge is -2.33. The van der Waals surface area contributed by atoms with Gasteiger partial charge in [-0.2, -0.15) is 0 Å². The summed E-state index contributed by atoms with van der Waals surface area (Å²) in [5.41, 5.74) is 0.685. The Morgan fingerprint density at radius 1 is 1.27 bits per heavy atom. The fraction of sp³-hybridized carbons (Fsp3) is 0.500. The largest absolute Gasteiger partial charge is 0.381 e. The van der Waals surface area contributed by atoms with E-state index in [1.54, 1.807) is 6.07 Å². The van der Waals surface area contributed by atoms with Gasteiger partial charge >= 0.3 is 0 Å². The Labute approximate surface area is 89.7 Å². The molecular weight excluding hydrogens is 193 g/mol. The molecule has 0 unspecified atom stereocenters. The minimum absolute atomic E-state index is 0.147. The number of nitrogens with zero attached hydrogens (tertiary/aromatic N) is 1. The Bertz CT molecular complexity index is 323. The van der Waals surface area contributed by atoms with Gasteiger partial charge < -0.3 is 9.64 Å². The topological polar surface area (TPSA) is 12.5 Å². The van der Waals surface area contributed by atoms with Gasteiger partial charge in [-0.25, -0.2) is 4.39 Å². The number of para-hydroxylation sites is 1. The summed E-state index contributed by atoms with van der Waals surface area (Å²) in [5, 5.41) is 0. The van der Waals surface area contributed by atoms with Crippen molar-refractivity contribution >= 4 is 5.69 Å². The van der Waals surface area contributed by atoms with Crippen LogP contribution < -0.4 is 4.90 Å². The number of rotatable bonds is 2. The lowest BCUT2D eigenvalue weighted by molar-refractivity contribution is 0.0853. The third kappa shape index (κ3) is 2.29. The van der Waals surface area contributed by atoms with Crippen LogP contribution in [0.4, 0.5) is 10.1 Å². The van der Waals surface area contributed by atoms with Gasteiger partial charge in [0.15, 0.2) is 0 Å². The molecule has 0 amide bonds. The van der Waals surface area contributed by atoms with E-state index in [-0.39, 0.29) is 5.82 Å². The first-order valence-corrected chi connectivity index (χ1v) is 5.34. The maximum Gasteiger partial charge on any atom is 0.146 e. The van der Waals surface area contributed by atoms with Crippen LogP contribution >= 0.6 is 0 Å². The van der Waals surface area contributed by atoms with Crippen LogP contribution in [0.2, 0.25) is 0 Å². The van der Waals surface area contributed by atoms with Crippen molar-refractivity contribution in [2.75, 3.05) is 25.2 Å². The first-order valence-electron chi connectivity index (χ1n) is 5.34. The standard InChI is InChI=1S/C12H16FNO/c1-14(10-6-8-15-9-7-10)12-5-3-2-4-11(12)13/h2-5,10H,6-9H2,1H3. The van der Waals surface area contributed by atoms with Crippen LogP contribution in [0.1, 0.15) is 12.8 Å². The van der Waals surface area contributed by atoms with Crippen molar-refractivity contribution < 1.29 is 9.13 Å². The third-order valence-corrected chi connectivity index (χ3v) is 2.97. The predicted octanol–water partition coefficient (Wildman–Crippen LogP) is 2.44. The summed E-state index contributed by atoms with van der Waals surface area (Å²) >= 11 is 0. The number of ether oxygens (including phenoxy) is 1. The number of hydrogen-bond acceptors (Lipinski definition) is 2. The molecule has 3 heteroatoms. The van der Waals surface area contributed by atoms with E-state index in [2.05, 4.69) is 0 Å². The average Bonchev–Trinajstić information content (AvgIpc) is 2.30. The summed E-state index contributed by atoms with van der Waals surface area (Å²) in [6.45, 7) is 1.56. The summed E-state index contributed by atoms with van der Waals surface area (Å²) in [5.74, 6) is -0.147. The SMILES string of the molecule is CN(c1ccccc1F)C1CCOCC1. The van der Waals surface area contributed by atoms with Gasteiger partial charge in [0.05, 0.1) is 5.69 Å². The van der Waals surface area contributed by atoms with Gasteiger partial charge in [-0.1, -0.05) is 12.1 Å². The molecule has 0 N–H and O–H groups in total. The second-order valence-electron chi connectivity index (χ2n) is 3.91. The second kappa shape index (κ2) is 4.62. The van der Waals surface area contributed by atoms with E-state index >= 15 is 0 Å². The number of halogens is 1. The third-order valence-electron chi connectivity index (χ3n) is 2.97. The van der Waals surface area contributed by atoms with Crippen molar-refractivity contribution in [2.45, 2.75) is 18.9 Å². The first-order chi connectivity index (χ1) is 7.29. The molecule has 1 saturated heterocycles. The quantitative estimate of drug-likeness (QED) is 0.741. The zero-order valence-electron chi connectivity index (χ0n) is 8.95. The number of hydrogen-bond donors (Lipinski definition) is 0. The maximum absolute atomic E-state index is 13.5. The monoisotopic (exact) mass is 209 g/mol. The summed E-state index contributed by atoms with van der Waals surface area (Å²) in [7, 11) is 1.95. The molecule has 0 spiro atoms. The Kier molecular flexibility index (Phi) is 3.21. The van der Waals surface area contributed by atoms with E-state index in [0.29, 0.717) is 11.7 Å². The molecule has 1 aromatic carbocycles. The van der Waals surface area contributed by atoms with E-state index in [4.69, 9.17) is 4.74 Å². The van der Waals surface area contributed by atoms with E-state index in [9.17, 15) is 4.39 Å². The van der Waals surface area contributed by atoms with Crippen molar-refractivity contribution in [3.63, 3.8) is 0 Å². The Balaban J connectivity index is 2.12. The van der Waals surface area contributed by atoms with Crippen molar-refractivity contribution in [3.8, 4) is 0 Å². The molecule has 0 bridgehead atoms. The van der Waals surface area contributed by atoms with Gasteiger partial charge in [0, 0.05) is 26.3 Å². The Hall–Kier alpha value is -1.09. The Morgan fingerprint density at radius 3 is 2.60 bits per heavy atom. The molecule has 1 aromatic rings. The van der Waals surface area contributed by atoms with E-state index < -0.39 is 0 Å². The average molecular weight is 209 g/mol. The Morgan fingerprint density at radius 2 is 1.93 bits per heavy atom. The fourth-order valence-corrected chi connectivity index (χ4v) is 2.01. The molecule has 0 aliphatic carbocycles. The van der Waals surface area contributed by atoms with Crippen LogP contribution in [0.15, 0.2) is 24.3 Å². The summed E-state index contributed by atoms with van der Waals surface area (Å²) in [4.78, 5) is 2.03. The molecule has 2 rings (SSSR count). The molecule has 15 heavy (non-hydrogen) atoms. The van der Waals surface area contributed by atoms with Gasteiger partial charge in [0.1, 0.15) is 5.82 Å². The lowest BCUT2D eigenvalue weighted by Crippen LogP contribution is -2.37. The van der Waals surface area contributed by atoms with Crippen molar-refractivity contribution in [1.82, 2.24) is 0 Å². The number of anilines is 1. The first kappa shape index (κ1) is 10.4. The molecule has 0 radical (unpaired) electrons. The van der Waals surface area contributed by atoms with Crippen LogP contribution in [0.25, 0.3) is 0 Å². The van der Waals surface area contributed by atoms with E-state index in [1.807, 2.05) is 24.1 Å². The lowest BCUT2D eigenvalue weighted by atomic mass is 10.1. The highest BCUT2D eigenvalue weighted by Crippen LogP contribution is 2.23. The molecule has 82 valence electrons. The zero-order valence-corrected chi connectivity index (χ0v) is 8.95. The van der Waals surface area contributed by atoms with Gasteiger partial charge in [0.25, 0.3) is 0 Å². The fourth-order valence-electron chi connectivity index (χ4n) is 2.01. The van der Waals surface area contributed by atoms with Crippen LogP contribution in [-0.4, -0.2) is 26.3 Å². The van der Waals surface area contributed by atoms with E-state index in [1.165, 1.54) is 6.07 Å². The van der Waals surface area contributed by atoms with Gasteiger partial charge in [-0.15, -0.1) is 0 Å². The zero-order chi connectivity index (χ0) is 10.7. The van der Waals surface area contributed by atoms with Crippen LogP contribution in [-0.2, 0) is 4.74 Å². The number of benzene rings is 1. The maximum atomic E-state index is 13.5. The van der Waals surface area contributed by atoms with Crippen molar-refractivity contribution in [2.24, 2.45) is 0 Å². The molecule has 1 heterocycles. The molecule has 0 saturated carbocycles. The van der Waals surface area contributed by atoms with Crippen LogP contribution in [0.3, 0.4) is 0 Å². The predicted molar refractivity (Wildman–Crippen MR) is 58.6 cm³/mol. The summed E-state index contributed by atoms with van der Waals surface area (Å²) in [6.07, 6.45) is 1.95. The highest BCUT2D eigenvalue weighted by molar-refractivity contribution is 5.47. The van der Waals surface area contributed by atoms with Gasteiger partial charge in [-0.3, -0.25) is 0 Å². The normalized spacial score (nSPS) is 17.7. The minimum Gasteiger partial charge on any atom is -0.381 e. The highest BCUT2D eigenvalue weighted by Gasteiger charge is 2.20. The molecular formula is C12H16FNO. The van der Waals surface area contributed by atoms with Crippen LogP contribution in [0, 0.1) is 5.82 Å². The molecule has 1 fully saturated rings. The van der Waals surface area contributed by atoms with Crippen molar-refractivity contribution in [3.05, 3.63) is 30.1 Å². The minimum atomic E-state index is -0.147. The van der Waals surface area contributed by atoms with E-state index in [0.717, 1.165) is 26.1 Å². The highest BCUT2D eigenvalue weighted by atomic mass is 19.1. The molecule has 0 aromatic heterocycles. The van der Waals surface area contributed by atoms with Crippen molar-refractivity contribution in [1.29, 1.82) is 0 Å².